The van der Waals surface area contributed by atoms with Gasteiger partial charge < -0.3 is 39.6 Å². The second kappa shape index (κ2) is 15.3. The lowest BCUT2D eigenvalue weighted by Crippen LogP contribution is -2.62. The van der Waals surface area contributed by atoms with Crippen LogP contribution in [0.15, 0.2) is 82.3 Å². The van der Waals surface area contributed by atoms with Gasteiger partial charge in [0.25, 0.3) is 0 Å². The summed E-state index contributed by atoms with van der Waals surface area (Å²) in [5.74, 6) is -0.682. The van der Waals surface area contributed by atoms with Gasteiger partial charge in [-0.2, -0.15) is 0 Å². The molecule has 5 atom stereocenters. The van der Waals surface area contributed by atoms with Crippen molar-refractivity contribution >= 4 is 39.5 Å². The van der Waals surface area contributed by atoms with E-state index in [9.17, 15) is 24.9 Å². The van der Waals surface area contributed by atoms with Gasteiger partial charge in [-0.3, -0.25) is 9.69 Å². The Hall–Kier alpha value is -3.99. The number of carbonyl (C=O) groups excluding carboxylic acids is 1. The van der Waals surface area contributed by atoms with Gasteiger partial charge in [-0.1, -0.05) is 48.2 Å². The average Bonchev–Trinajstić information content (AvgIpc) is 3.48. The first-order valence-electron chi connectivity index (χ1n) is 19.7. The standard InChI is InChI=1S/C43H47FN4O7S2/c1-48(31-19-28(20-32(48)41-40(31)55-41)54-42(52)43(53,35-7-3-17-56-35)36-8-4-18-57-36)24-27-6-2-5-26(38(27)44)23-47-15-13-25(14-16-47)21-45-22-34(50)29-9-11-33(49)39-30(29)10-12-37(51)46-39/h2-12,17-18,25,28,31-32,34,40-41,45,50,53H,13-16,19-24H2,1H3,(H-,46,49,51)/t28?,31?,32?,34-,40?,41?,48?/m0/s1. The highest BCUT2D eigenvalue weighted by atomic mass is 32.1. The monoisotopic (exact) mass is 814 g/mol. The predicted octanol–water partition coefficient (Wildman–Crippen LogP) is 4.51. The van der Waals surface area contributed by atoms with Crippen molar-refractivity contribution in [3.63, 3.8) is 0 Å². The molecule has 300 valence electrons. The fourth-order valence-electron chi connectivity index (χ4n) is 9.82. The van der Waals surface area contributed by atoms with Crippen LogP contribution in [0.4, 0.5) is 4.39 Å². The number of quaternary nitrogens is 1. The maximum atomic E-state index is 16.4. The first-order chi connectivity index (χ1) is 27.5. The largest absolute Gasteiger partial charge is 0.871 e. The van der Waals surface area contributed by atoms with Crippen molar-refractivity contribution < 1.29 is 38.5 Å². The number of ether oxygens (including phenoxy) is 2. The molecule has 0 radical (unpaired) electrons. The number of hydrogen-bond donors (Lipinski definition) is 4. The van der Waals surface area contributed by atoms with Crippen LogP contribution >= 0.6 is 22.7 Å². The fourth-order valence-corrected chi connectivity index (χ4v) is 11.5. The van der Waals surface area contributed by atoms with E-state index in [1.165, 1.54) is 34.8 Å². The number of thiophene rings is 2. The number of esters is 1. The number of aromatic amines is 1. The number of aromatic nitrogens is 1. The number of fused-ring (bicyclic) bond motifs is 6. The van der Waals surface area contributed by atoms with E-state index >= 15 is 4.39 Å². The summed E-state index contributed by atoms with van der Waals surface area (Å²) < 4.78 is 29.2. The van der Waals surface area contributed by atoms with Gasteiger partial charge >= 0.3 is 5.97 Å². The van der Waals surface area contributed by atoms with E-state index in [-0.39, 0.29) is 53.0 Å². The SMILES string of the molecule is C[N+]1(Cc2cccc(CN3CCC(CNC[C@H](O)c4ccc([O-])c5[nH]c(=O)ccc45)CC3)c2F)C2CC(OC(=O)C(O)(c3cccs3)c3cccs3)CC1C1OC12. The molecule has 2 aromatic carbocycles. The Balaban J connectivity index is 0.788. The number of likely N-dealkylation sites (tertiary alicyclic amines) is 1. The summed E-state index contributed by atoms with van der Waals surface area (Å²) in [6.45, 7) is 3.79. The summed E-state index contributed by atoms with van der Waals surface area (Å²) in [5, 5.41) is 42.6. The number of aliphatic hydroxyl groups is 2. The van der Waals surface area contributed by atoms with Crippen molar-refractivity contribution in [2.45, 2.75) is 80.9 Å². The lowest BCUT2D eigenvalue weighted by molar-refractivity contribution is -0.968. The zero-order valence-electron chi connectivity index (χ0n) is 31.6. The number of carbonyl (C=O) groups is 1. The van der Waals surface area contributed by atoms with Crippen molar-refractivity contribution in [3.05, 3.63) is 120 Å². The Morgan fingerprint density at radius 1 is 1.04 bits per heavy atom. The minimum Gasteiger partial charge on any atom is -0.871 e. The van der Waals surface area contributed by atoms with E-state index in [1.54, 1.807) is 24.3 Å². The molecule has 3 aromatic heterocycles. The predicted molar refractivity (Wildman–Crippen MR) is 213 cm³/mol. The third-order valence-corrected chi connectivity index (χ3v) is 14.9. The van der Waals surface area contributed by atoms with Crippen LogP contribution in [0.25, 0.3) is 10.9 Å². The Morgan fingerprint density at radius 3 is 2.39 bits per heavy atom. The highest BCUT2D eigenvalue weighted by Crippen LogP contribution is 2.54. The number of nitrogens with zero attached hydrogens (tertiary/aromatic N) is 2. The maximum absolute atomic E-state index is 16.4. The van der Waals surface area contributed by atoms with Crippen molar-refractivity contribution in [2.75, 3.05) is 33.2 Å². The second-order valence-corrected chi connectivity index (χ2v) is 18.3. The molecule has 4 saturated heterocycles. The summed E-state index contributed by atoms with van der Waals surface area (Å²) in [5.41, 5.74) is -0.0303. The molecular weight excluding hydrogens is 768 g/mol. The normalized spacial score (nSPS) is 26.7. The summed E-state index contributed by atoms with van der Waals surface area (Å²) in [6, 6.07) is 18.9. The molecule has 4 fully saturated rings. The molecule has 0 spiro atoms. The van der Waals surface area contributed by atoms with Crippen LogP contribution in [0, 0.1) is 11.7 Å². The Morgan fingerprint density at radius 2 is 1.72 bits per heavy atom. The maximum Gasteiger partial charge on any atom is 0.349 e. The topological polar surface area (TPSA) is 150 Å². The van der Waals surface area contributed by atoms with Gasteiger partial charge in [0.15, 0.2) is 0 Å². The quantitative estimate of drug-likeness (QED) is 0.0766. The van der Waals surface area contributed by atoms with Gasteiger partial charge in [-0.05, 0) is 72.9 Å². The highest BCUT2D eigenvalue weighted by molar-refractivity contribution is 7.12. The number of piperidine rings is 2. The van der Waals surface area contributed by atoms with Crippen LogP contribution in [-0.2, 0) is 33.0 Å². The van der Waals surface area contributed by atoms with Gasteiger partial charge in [-0.15, -0.1) is 22.7 Å². The molecule has 4 aliphatic rings. The number of H-pyrrole nitrogens is 1. The van der Waals surface area contributed by atoms with Gasteiger partial charge in [0.05, 0.1) is 22.9 Å². The first kappa shape index (κ1) is 38.5. The summed E-state index contributed by atoms with van der Waals surface area (Å²) in [7, 11) is 2.19. The minimum atomic E-state index is -1.86. The zero-order chi connectivity index (χ0) is 39.5. The molecule has 57 heavy (non-hydrogen) atoms. The van der Waals surface area contributed by atoms with Crippen molar-refractivity contribution in [2.24, 2.45) is 5.92 Å². The van der Waals surface area contributed by atoms with E-state index in [4.69, 9.17) is 9.47 Å². The van der Waals surface area contributed by atoms with E-state index in [0.29, 0.717) is 74.7 Å². The number of likely N-dealkylation sites (N-methyl/N-ethyl adjacent to an activating group) is 1. The Kier molecular flexibility index (Phi) is 10.3. The molecule has 0 amide bonds. The third kappa shape index (κ3) is 7.14. The number of benzene rings is 2. The summed E-state index contributed by atoms with van der Waals surface area (Å²) in [4.78, 5) is 31.5. The number of aliphatic hydroxyl groups excluding tert-OH is 1. The van der Waals surface area contributed by atoms with Crippen LogP contribution in [0.5, 0.6) is 5.75 Å². The third-order valence-electron chi connectivity index (χ3n) is 13.0. The van der Waals surface area contributed by atoms with Crippen molar-refractivity contribution in [1.29, 1.82) is 0 Å². The molecule has 4 aliphatic heterocycles. The van der Waals surface area contributed by atoms with E-state index in [0.717, 1.165) is 32.5 Å². The molecule has 4 N–H and O–H groups in total. The number of epoxide rings is 1. The molecule has 0 aliphatic carbocycles. The molecule has 9 rings (SSSR count). The fraction of sp³-hybridized carbons (Fsp3) is 0.442. The lowest BCUT2D eigenvalue weighted by Gasteiger charge is -2.48. The van der Waals surface area contributed by atoms with Crippen LogP contribution in [-0.4, -0.2) is 94.2 Å². The van der Waals surface area contributed by atoms with Crippen LogP contribution in [0.1, 0.15) is 58.2 Å². The van der Waals surface area contributed by atoms with Gasteiger partial charge in [-0.25, -0.2) is 9.18 Å². The number of rotatable bonds is 13. The van der Waals surface area contributed by atoms with Gasteiger partial charge in [0.2, 0.25) is 11.2 Å². The van der Waals surface area contributed by atoms with E-state index in [2.05, 4.69) is 22.2 Å². The molecule has 14 heteroatoms. The zero-order valence-corrected chi connectivity index (χ0v) is 33.3. The van der Waals surface area contributed by atoms with Gasteiger partial charge in [0, 0.05) is 54.0 Å². The Labute approximate surface area is 337 Å². The van der Waals surface area contributed by atoms with Crippen molar-refractivity contribution in [3.8, 4) is 5.75 Å². The molecule has 5 aromatic rings. The molecule has 4 unspecified atom stereocenters. The summed E-state index contributed by atoms with van der Waals surface area (Å²) >= 11 is 2.65. The number of hydrogen-bond acceptors (Lipinski definition) is 11. The molecular formula is C43H47FN4O7S2. The first-order valence-corrected chi connectivity index (χ1v) is 21.5. The number of nitrogens with one attached hydrogen (secondary N) is 2. The van der Waals surface area contributed by atoms with Crippen LogP contribution in [0.3, 0.4) is 0 Å². The van der Waals surface area contributed by atoms with Crippen molar-refractivity contribution in [1.82, 2.24) is 15.2 Å². The molecule has 7 heterocycles. The average molecular weight is 815 g/mol. The number of morpholine rings is 1. The second-order valence-electron chi connectivity index (χ2n) is 16.4. The highest BCUT2D eigenvalue weighted by Gasteiger charge is 2.72. The van der Waals surface area contributed by atoms with E-state index in [1.807, 2.05) is 41.1 Å². The molecule has 2 bridgehead atoms. The van der Waals surface area contributed by atoms with Crippen LogP contribution in [0.2, 0.25) is 0 Å². The van der Waals surface area contributed by atoms with Gasteiger partial charge in [0.1, 0.15) is 42.8 Å². The number of halogens is 1. The number of pyridine rings is 1. The molecule has 11 nitrogen and oxygen atoms in total. The Bertz CT molecular complexity index is 2240. The smallest absolute Gasteiger partial charge is 0.349 e. The van der Waals surface area contributed by atoms with Crippen LogP contribution < -0.4 is 16.0 Å². The minimum absolute atomic E-state index is 0.0446. The lowest BCUT2D eigenvalue weighted by atomic mass is 9.93. The molecule has 0 saturated carbocycles. The van der Waals surface area contributed by atoms with E-state index < -0.39 is 17.7 Å². The summed E-state index contributed by atoms with van der Waals surface area (Å²) in [6.07, 6.45) is 1.97.